The average Bonchev–Trinajstić information content (AvgIpc) is 2.94. The Morgan fingerprint density at radius 3 is 3.00 bits per heavy atom. The number of esters is 1. The van der Waals surface area contributed by atoms with Gasteiger partial charge in [-0.2, -0.15) is 5.10 Å². The van der Waals surface area contributed by atoms with E-state index in [1.807, 2.05) is 4.57 Å². The molecule has 0 aromatic carbocycles. The molecule has 0 radical (unpaired) electrons. The molecule has 0 aromatic heterocycles. The number of allylic oxidation sites excluding steroid dienone is 2. The summed E-state index contributed by atoms with van der Waals surface area (Å²) in [5.74, 6) is -0.484. The molecular formula is C16H19N3O3. The number of methoxy groups -OCH3 is 1. The summed E-state index contributed by atoms with van der Waals surface area (Å²) in [7, 11) is 1.32. The van der Waals surface area contributed by atoms with E-state index in [0.717, 1.165) is 25.8 Å². The van der Waals surface area contributed by atoms with Crippen molar-refractivity contribution in [2.24, 2.45) is 0 Å². The highest BCUT2D eigenvalue weighted by Gasteiger charge is 2.21. The maximum atomic E-state index is 11.9. The SMILES string of the molecule is COC(=O)c1cn(CCC2=CCCCC2)cc2c(=O)[nH]nc1-2. The first-order valence-electron chi connectivity index (χ1n) is 7.53. The lowest BCUT2D eigenvalue weighted by Crippen LogP contribution is -2.12. The maximum absolute atomic E-state index is 11.9. The Balaban J connectivity index is 1.90. The van der Waals surface area contributed by atoms with Crippen LogP contribution >= 0.6 is 0 Å². The minimum atomic E-state index is -0.484. The van der Waals surface area contributed by atoms with Crippen LogP contribution in [0.3, 0.4) is 0 Å². The second kappa shape index (κ2) is 6.17. The molecule has 1 N–H and O–H groups in total. The van der Waals surface area contributed by atoms with Crippen LogP contribution in [0.25, 0.3) is 11.3 Å². The van der Waals surface area contributed by atoms with Gasteiger partial charge in [-0.05, 0) is 32.1 Å². The van der Waals surface area contributed by atoms with Gasteiger partial charge in [-0.1, -0.05) is 11.6 Å². The number of ether oxygens (including phenoxy) is 1. The third kappa shape index (κ3) is 2.81. The maximum Gasteiger partial charge on any atom is 0.341 e. The number of fused-ring (bicyclic) bond motifs is 1. The normalized spacial score (nSPS) is 14.9. The quantitative estimate of drug-likeness (QED) is 0.694. The zero-order valence-corrected chi connectivity index (χ0v) is 12.6. The van der Waals surface area contributed by atoms with Gasteiger partial charge in [0.05, 0.1) is 12.7 Å². The van der Waals surface area contributed by atoms with E-state index in [-0.39, 0.29) is 5.56 Å². The topological polar surface area (TPSA) is 77.0 Å². The molecule has 0 saturated heterocycles. The molecule has 22 heavy (non-hydrogen) atoms. The van der Waals surface area contributed by atoms with Crippen LogP contribution in [0.5, 0.6) is 0 Å². The molecule has 3 rings (SSSR count). The van der Waals surface area contributed by atoms with Crippen LogP contribution in [-0.4, -0.2) is 27.8 Å². The van der Waals surface area contributed by atoms with Crippen molar-refractivity contribution in [2.45, 2.75) is 38.6 Å². The predicted octanol–water partition coefficient (Wildman–Crippen LogP) is 2.35. The lowest BCUT2D eigenvalue weighted by Gasteiger charge is -2.15. The summed E-state index contributed by atoms with van der Waals surface area (Å²) in [6.45, 7) is 0.733. The second-order valence-electron chi connectivity index (χ2n) is 5.57. The molecule has 6 heteroatoms. The van der Waals surface area contributed by atoms with Crippen LogP contribution in [0.15, 0.2) is 28.8 Å². The number of hydrogen-bond acceptors (Lipinski definition) is 4. The number of aryl methyl sites for hydroxylation is 1. The van der Waals surface area contributed by atoms with Crippen molar-refractivity contribution < 1.29 is 9.53 Å². The standard InChI is InChI=1S/C16H19N3O3/c1-22-16(21)13-10-19(8-7-11-5-3-2-4-6-11)9-12-14(13)17-18-15(12)20/h5,9-10H,2-4,6-8H2,1H3,(H,18,20). The fraction of sp³-hybridized carbons (Fsp3) is 0.438. The number of aromatic nitrogens is 3. The molecule has 0 unspecified atom stereocenters. The summed E-state index contributed by atoms with van der Waals surface area (Å²) in [5.41, 5.74) is 2.26. The van der Waals surface area contributed by atoms with Gasteiger partial charge in [-0.15, -0.1) is 0 Å². The van der Waals surface area contributed by atoms with Crippen molar-refractivity contribution >= 4 is 5.97 Å². The van der Waals surface area contributed by atoms with Crippen LogP contribution in [0.4, 0.5) is 0 Å². The minimum absolute atomic E-state index is 0.286. The molecular weight excluding hydrogens is 282 g/mol. The molecule has 0 saturated carbocycles. The largest absolute Gasteiger partial charge is 0.465 e. The molecule has 2 aliphatic heterocycles. The molecule has 2 heterocycles. The summed E-state index contributed by atoms with van der Waals surface area (Å²) in [4.78, 5) is 23.7. The van der Waals surface area contributed by atoms with Crippen LogP contribution in [-0.2, 0) is 11.3 Å². The Hall–Kier alpha value is -2.37. The van der Waals surface area contributed by atoms with Gasteiger partial charge in [-0.25, -0.2) is 9.89 Å². The highest BCUT2D eigenvalue weighted by molar-refractivity contribution is 5.95. The first-order chi connectivity index (χ1) is 10.7. The van der Waals surface area contributed by atoms with E-state index in [9.17, 15) is 9.59 Å². The molecule has 0 amide bonds. The molecule has 0 spiro atoms. The van der Waals surface area contributed by atoms with Gasteiger partial charge in [0.15, 0.2) is 0 Å². The lowest BCUT2D eigenvalue weighted by atomic mass is 9.97. The van der Waals surface area contributed by atoms with Gasteiger partial charge in [0.2, 0.25) is 0 Å². The van der Waals surface area contributed by atoms with E-state index >= 15 is 0 Å². The number of hydrogen-bond donors (Lipinski definition) is 1. The summed E-state index contributed by atoms with van der Waals surface area (Å²) in [6, 6.07) is 0. The highest BCUT2D eigenvalue weighted by atomic mass is 16.5. The smallest absolute Gasteiger partial charge is 0.341 e. The predicted molar refractivity (Wildman–Crippen MR) is 82.0 cm³/mol. The first kappa shape index (κ1) is 14.6. The van der Waals surface area contributed by atoms with E-state index in [2.05, 4.69) is 16.3 Å². The number of aromatic amines is 1. The van der Waals surface area contributed by atoms with Crippen LogP contribution in [0.2, 0.25) is 0 Å². The van der Waals surface area contributed by atoms with Crippen molar-refractivity contribution in [3.8, 4) is 11.3 Å². The summed E-state index contributed by atoms with van der Waals surface area (Å²) in [6.07, 6.45) is 11.5. The average molecular weight is 301 g/mol. The number of carbonyl (C=O) groups excluding carboxylic acids is 1. The van der Waals surface area contributed by atoms with Crippen LogP contribution in [0.1, 0.15) is 42.5 Å². The number of rotatable bonds is 4. The number of H-pyrrole nitrogens is 1. The third-order valence-electron chi connectivity index (χ3n) is 4.10. The van der Waals surface area contributed by atoms with Crippen molar-refractivity contribution in [3.05, 3.63) is 40.0 Å². The molecule has 0 fully saturated rings. The van der Waals surface area contributed by atoms with Gasteiger partial charge in [-0.3, -0.25) is 4.79 Å². The minimum Gasteiger partial charge on any atom is -0.465 e. The van der Waals surface area contributed by atoms with E-state index < -0.39 is 5.97 Å². The molecule has 6 nitrogen and oxygen atoms in total. The highest BCUT2D eigenvalue weighted by Crippen LogP contribution is 2.23. The summed E-state index contributed by atoms with van der Waals surface area (Å²) < 4.78 is 6.66. The Kier molecular flexibility index (Phi) is 4.09. The molecule has 1 aliphatic carbocycles. The second-order valence-corrected chi connectivity index (χ2v) is 5.57. The zero-order valence-electron chi connectivity index (χ0n) is 12.6. The Morgan fingerprint density at radius 2 is 2.27 bits per heavy atom. The molecule has 0 bridgehead atoms. The Bertz CT molecular complexity index is 742. The third-order valence-corrected chi connectivity index (χ3v) is 4.10. The molecule has 0 atom stereocenters. The van der Waals surface area contributed by atoms with Crippen molar-refractivity contribution in [3.63, 3.8) is 0 Å². The summed E-state index contributed by atoms with van der Waals surface area (Å²) in [5, 5.41) is 6.31. The number of pyridine rings is 1. The van der Waals surface area contributed by atoms with E-state index in [1.165, 1.54) is 25.5 Å². The number of nitrogens with one attached hydrogen (secondary N) is 1. The first-order valence-corrected chi connectivity index (χ1v) is 7.53. The lowest BCUT2D eigenvalue weighted by molar-refractivity contribution is 0.0600. The molecule has 116 valence electrons. The van der Waals surface area contributed by atoms with Crippen molar-refractivity contribution in [1.82, 2.24) is 14.8 Å². The fourth-order valence-corrected chi connectivity index (χ4v) is 2.88. The van der Waals surface area contributed by atoms with Crippen LogP contribution in [0, 0.1) is 0 Å². The van der Waals surface area contributed by atoms with Crippen molar-refractivity contribution in [1.29, 1.82) is 0 Å². The van der Waals surface area contributed by atoms with Gasteiger partial charge in [0.1, 0.15) is 11.3 Å². The van der Waals surface area contributed by atoms with Crippen LogP contribution < -0.4 is 5.56 Å². The van der Waals surface area contributed by atoms with Gasteiger partial charge < -0.3 is 9.30 Å². The van der Waals surface area contributed by atoms with Gasteiger partial charge in [0.25, 0.3) is 5.56 Å². The molecule has 0 aromatic rings. The number of carbonyl (C=O) groups is 1. The summed E-state index contributed by atoms with van der Waals surface area (Å²) >= 11 is 0. The van der Waals surface area contributed by atoms with E-state index in [0.29, 0.717) is 16.8 Å². The monoisotopic (exact) mass is 301 g/mol. The van der Waals surface area contributed by atoms with Gasteiger partial charge >= 0.3 is 5.97 Å². The molecule has 3 aliphatic rings. The van der Waals surface area contributed by atoms with Gasteiger partial charge in [0, 0.05) is 18.9 Å². The van der Waals surface area contributed by atoms with Crippen molar-refractivity contribution in [2.75, 3.05) is 7.11 Å². The van der Waals surface area contributed by atoms with E-state index in [4.69, 9.17) is 4.74 Å². The fourth-order valence-electron chi connectivity index (χ4n) is 2.88. The van der Waals surface area contributed by atoms with E-state index in [1.54, 1.807) is 12.4 Å². The Morgan fingerprint density at radius 1 is 1.41 bits per heavy atom. The number of nitrogens with zero attached hydrogens (tertiary/aromatic N) is 2. The Labute approximate surface area is 128 Å². The zero-order chi connectivity index (χ0) is 15.5.